The molecule has 0 amide bonds. The number of piperazine rings is 2. The van der Waals surface area contributed by atoms with Crippen LogP contribution in [0.5, 0.6) is 0 Å². The highest BCUT2D eigenvalue weighted by Crippen LogP contribution is 2.67. The van der Waals surface area contributed by atoms with Crippen LogP contribution in [0, 0.1) is 34.5 Å². The Morgan fingerprint density at radius 3 is 1.81 bits per heavy atom. The van der Waals surface area contributed by atoms with Crippen molar-refractivity contribution in [1.82, 2.24) is 9.80 Å². The van der Waals surface area contributed by atoms with E-state index in [2.05, 4.69) is 51.8 Å². The average molecular weight is 603 g/mol. The van der Waals surface area contributed by atoms with Crippen molar-refractivity contribution in [2.45, 2.75) is 96.9 Å². The van der Waals surface area contributed by atoms with Crippen LogP contribution in [-0.2, 0) is 19.1 Å². The number of carbonyl (C=O) groups is 2. The van der Waals surface area contributed by atoms with Gasteiger partial charge in [0.2, 0.25) is 0 Å². The maximum Gasteiger partial charge on any atom is 0.302 e. The molecule has 4 aliphatic carbocycles. The quantitative estimate of drug-likeness (QED) is 0.362. The third-order valence-corrected chi connectivity index (χ3v) is 14.1. The summed E-state index contributed by atoms with van der Waals surface area (Å²) in [7, 11) is 9.36. The fourth-order valence-electron chi connectivity index (χ4n) is 11.4. The summed E-state index contributed by atoms with van der Waals surface area (Å²) in [4.78, 5) is 30.2. The van der Waals surface area contributed by atoms with Crippen molar-refractivity contribution in [1.29, 1.82) is 0 Å². The lowest BCUT2D eigenvalue weighted by Gasteiger charge is -2.62. The minimum Gasteiger partial charge on any atom is -0.461 e. The Balaban J connectivity index is 1.26. The minimum absolute atomic E-state index is 0.00234. The maximum atomic E-state index is 12.5. The van der Waals surface area contributed by atoms with E-state index < -0.39 is 0 Å². The van der Waals surface area contributed by atoms with Gasteiger partial charge in [0, 0.05) is 57.5 Å². The zero-order valence-corrected chi connectivity index (χ0v) is 28.6. The Kier molecular flexibility index (Phi) is 8.30. The van der Waals surface area contributed by atoms with Crippen LogP contribution in [0.1, 0.15) is 72.6 Å². The molecule has 0 aromatic carbocycles. The highest BCUT2D eigenvalue weighted by molar-refractivity contribution is 5.66. The largest absolute Gasteiger partial charge is 0.461 e. The summed E-state index contributed by atoms with van der Waals surface area (Å²) in [5.41, 5.74) is 0.308. The molecule has 0 aromatic heterocycles. The Morgan fingerprint density at radius 2 is 1.26 bits per heavy atom. The Hall–Kier alpha value is -1.22. The first-order valence-electron chi connectivity index (χ1n) is 17.6. The standard InChI is InChI=1S/C35H62N4O4/c1-24(40)42-32-21-26-9-10-27-28(35(26,4)23-31(32)37-15-19-39(7,8)20-16-37)11-12-34(3)29(27)22-30(33(34)43-25(2)41)36-13-17-38(5,6)18-14-36/h26-33H,9-23H2,1-8H3/q+2/t26-,27+,28-,29+,30-,31-,32-,33-,34-,35-/m0/s1. The predicted octanol–water partition coefficient (Wildman–Crippen LogP) is 3.63. The molecule has 0 spiro atoms. The second kappa shape index (κ2) is 11.2. The van der Waals surface area contributed by atoms with E-state index >= 15 is 0 Å². The summed E-state index contributed by atoms with van der Waals surface area (Å²) in [6.45, 7) is 17.3. The Morgan fingerprint density at radius 1 is 0.698 bits per heavy atom. The first kappa shape index (κ1) is 31.7. The topological polar surface area (TPSA) is 59.1 Å². The predicted molar refractivity (Wildman–Crippen MR) is 168 cm³/mol. The van der Waals surface area contributed by atoms with E-state index in [1.165, 1.54) is 25.7 Å². The third-order valence-electron chi connectivity index (χ3n) is 14.1. The highest BCUT2D eigenvalue weighted by Gasteiger charge is 2.65. The molecule has 0 N–H and O–H groups in total. The van der Waals surface area contributed by atoms with Crippen LogP contribution >= 0.6 is 0 Å². The van der Waals surface area contributed by atoms with Crippen LogP contribution in [0.4, 0.5) is 0 Å². The zero-order chi connectivity index (χ0) is 30.9. The third kappa shape index (κ3) is 5.81. The van der Waals surface area contributed by atoms with Crippen molar-refractivity contribution in [2.24, 2.45) is 34.5 Å². The molecule has 2 saturated heterocycles. The SMILES string of the molecule is CC(=O)O[C@H]1C[C@@H]2CC[C@H]3[C@H]4C[C@H](N5CC[N+](C)(C)CC5)[C@H](OC(C)=O)[C@@]4(C)CC[C@@H]3[C@@]2(C)C[C@@H]1N1CC[N+](C)(C)CC1. The number of hydrogen-bond donors (Lipinski definition) is 0. The van der Waals surface area contributed by atoms with Gasteiger partial charge in [0.15, 0.2) is 0 Å². The number of fused-ring (bicyclic) bond motifs is 5. The summed E-state index contributed by atoms with van der Waals surface area (Å²) in [5.74, 6) is 2.35. The zero-order valence-electron chi connectivity index (χ0n) is 28.6. The summed E-state index contributed by atoms with van der Waals surface area (Å²) < 4.78 is 14.6. The summed E-state index contributed by atoms with van der Waals surface area (Å²) >= 11 is 0. The molecule has 0 aromatic rings. The van der Waals surface area contributed by atoms with E-state index in [1.807, 2.05) is 0 Å². The molecule has 244 valence electrons. The number of rotatable bonds is 4. The summed E-state index contributed by atoms with van der Waals surface area (Å²) in [5, 5.41) is 0. The van der Waals surface area contributed by atoms with Gasteiger partial charge < -0.3 is 18.4 Å². The maximum absolute atomic E-state index is 12.5. The number of ether oxygens (including phenoxy) is 2. The lowest BCUT2D eigenvalue weighted by atomic mass is 9.44. The van der Waals surface area contributed by atoms with Crippen LogP contribution in [-0.4, -0.2) is 136 Å². The molecule has 2 heterocycles. The monoisotopic (exact) mass is 602 g/mol. The number of nitrogens with zero attached hydrogens (tertiary/aromatic N) is 4. The molecule has 0 unspecified atom stereocenters. The van der Waals surface area contributed by atoms with Crippen LogP contribution in [0.2, 0.25) is 0 Å². The van der Waals surface area contributed by atoms with Gasteiger partial charge in [-0.15, -0.1) is 0 Å². The molecular weight excluding hydrogens is 540 g/mol. The van der Waals surface area contributed by atoms with Gasteiger partial charge in [-0.25, -0.2) is 0 Å². The van der Waals surface area contributed by atoms with Gasteiger partial charge in [-0.1, -0.05) is 13.8 Å². The van der Waals surface area contributed by atoms with Crippen molar-refractivity contribution in [3.05, 3.63) is 0 Å². The molecule has 6 rings (SSSR count). The first-order valence-corrected chi connectivity index (χ1v) is 17.6. The fourth-order valence-corrected chi connectivity index (χ4v) is 11.4. The van der Waals surface area contributed by atoms with E-state index in [9.17, 15) is 9.59 Å². The number of hydrogen-bond acceptors (Lipinski definition) is 6. The molecule has 43 heavy (non-hydrogen) atoms. The smallest absolute Gasteiger partial charge is 0.302 e. The second-order valence-electron chi connectivity index (χ2n) is 17.5. The number of esters is 2. The van der Waals surface area contributed by atoms with Crippen molar-refractivity contribution in [3.63, 3.8) is 0 Å². The van der Waals surface area contributed by atoms with Crippen molar-refractivity contribution in [3.8, 4) is 0 Å². The average Bonchev–Trinajstić information content (AvgIpc) is 3.20. The van der Waals surface area contributed by atoms with Gasteiger partial charge >= 0.3 is 11.9 Å². The molecule has 4 saturated carbocycles. The normalized spacial score (nSPS) is 46.2. The molecule has 6 fully saturated rings. The van der Waals surface area contributed by atoms with Gasteiger partial charge in [0.25, 0.3) is 0 Å². The summed E-state index contributed by atoms with van der Waals surface area (Å²) in [6, 6.07) is 0.656. The Labute approximate surface area is 261 Å². The molecule has 2 aliphatic heterocycles. The van der Waals surface area contributed by atoms with Gasteiger partial charge in [-0.2, -0.15) is 0 Å². The van der Waals surface area contributed by atoms with E-state index in [0.717, 1.165) is 80.6 Å². The van der Waals surface area contributed by atoms with Crippen LogP contribution in [0.25, 0.3) is 0 Å². The molecular formula is C35H62N4O4+2. The molecule has 8 heteroatoms. The van der Waals surface area contributed by atoms with Crippen molar-refractivity contribution < 1.29 is 28.0 Å². The molecule has 6 aliphatic rings. The van der Waals surface area contributed by atoms with Gasteiger partial charge in [0.05, 0.1) is 54.4 Å². The summed E-state index contributed by atoms with van der Waals surface area (Å²) in [6.07, 6.45) is 8.22. The Bertz CT molecular complexity index is 1060. The van der Waals surface area contributed by atoms with Crippen LogP contribution in [0.3, 0.4) is 0 Å². The number of quaternary nitrogens is 2. The second-order valence-corrected chi connectivity index (χ2v) is 17.5. The lowest BCUT2D eigenvalue weighted by Crippen LogP contribution is -2.64. The highest BCUT2D eigenvalue weighted by atomic mass is 16.5. The van der Waals surface area contributed by atoms with E-state index in [4.69, 9.17) is 9.47 Å². The van der Waals surface area contributed by atoms with Crippen LogP contribution < -0.4 is 0 Å². The molecule has 8 nitrogen and oxygen atoms in total. The number of likely N-dealkylation sites (N-methyl/N-ethyl adjacent to an activating group) is 2. The van der Waals surface area contributed by atoms with Gasteiger partial charge in [-0.05, 0) is 74.0 Å². The number of carbonyl (C=O) groups excluding carboxylic acids is 2. The van der Waals surface area contributed by atoms with E-state index in [1.54, 1.807) is 13.8 Å². The minimum atomic E-state index is -0.123. The fraction of sp³-hybridized carbons (Fsp3) is 0.943. The lowest BCUT2D eigenvalue weighted by molar-refractivity contribution is -0.894. The van der Waals surface area contributed by atoms with Gasteiger partial charge in [-0.3, -0.25) is 19.4 Å². The van der Waals surface area contributed by atoms with Crippen LogP contribution in [0.15, 0.2) is 0 Å². The van der Waals surface area contributed by atoms with Crippen molar-refractivity contribution >= 4 is 11.9 Å². The molecule has 0 radical (unpaired) electrons. The molecule has 10 atom stereocenters. The van der Waals surface area contributed by atoms with E-state index in [-0.39, 0.29) is 35.0 Å². The van der Waals surface area contributed by atoms with E-state index in [0.29, 0.717) is 35.8 Å². The van der Waals surface area contributed by atoms with Crippen molar-refractivity contribution in [2.75, 3.05) is 80.5 Å². The first-order chi connectivity index (χ1) is 20.1. The molecule has 0 bridgehead atoms. The van der Waals surface area contributed by atoms with Gasteiger partial charge in [0.1, 0.15) is 12.2 Å².